The van der Waals surface area contributed by atoms with Crippen LogP contribution >= 0.6 is 23.4 Å². The smallest absolute Gasteiger partial charge is 0.237 e. The molecular weight excluding hydrogens is 372 g/mol. The third-order valence-corrected chi connectivity index (χ3v) is 4.97. The van der Waals surface area contributed by atoms with Crippen LogP contribution in [0.25, 0.3) is 0 Å². The molecule has 26 heavy (non-hydrogen) atoms. The molecule has 0 aromatic heterocycles. The number of ether oxygens (including phenoxy) is 1. The van der Waals surface area contributed by atoms with E-state index >= 15 is 0 Å². The molecule has 0 aliphatic heterocycles. The van der Waals surface area contributed by atoms with E-state index in [4.69, 9.17) is 16.3 Å². The molecule has 5 nitrogen and oxygen atoms in total. The Hall–Kier alpha value is -2.18. The second-order valence-electron chi connectivity index (χ2n) is 5.70. The molecule has 138 valence electrons. The molecule has 1 atom stereocenters. The number of hydrogen-bond donors (Lipinski definition) is 2. The minimum absolute atomic E-state index is 0.154. The summed E-state index contributed by atoms with van der Waals surface area (Å²) in [5, 5.41) is 5.68. The van der Waals surface area contributed by atoms with Crippen LogP contribution in [-0.2, 0) is 9.59 Å². The van der Waals surface area contributed by atoms with Crippen molar-refractivity contribution >= 4 is 46.6 Å². The van der Waals surface area contributed by atoms with Crippen molar-refractivity contribution in [3.8, 4) is 5.75 Å². The second-order valence-corrected chi connectivity index (χ2v) is 7.47. The van der Waals surface area contributed by atoms with Gasteiger partial charge >= 0.3 is 0 Å². The lowest BCUT2D eigenvalue weighted by Crippen LogP contribution is -2.25. The van der Waals surface area contributed by atoms with Crippen molar-refractivity contribution in [2.75, 3.05) is 23.5 Å². The van der Waals surface area contributed by atoms with Crippen molar-refractivity contribution in [2.24, 2.45) is 0 Å². The Morgan fingerprint density at radius 1 is 1.15 bits per heavy atom. The summed E-state index contributed by atoms with van der Waals surface area (Å²) in [5.41, 5.74) is 2.36. The average molecular weight is 393 g/mol. The third-order valence-electron chi connectivity index (χ3n) is 3.59. The van der Waals surface area contributed by atoms with Crippen LogP contribution in [0, 0.1) is 6.92 Å². The minimum atomic E-state index is -0.414. The van der Waals surface area contributed by atoms with Gasteiger partial charge in [0.1, 0.15) is 5.75 Å². The van der Waals surface area contributed by atoms with Gasteiger partial charge in [0.2, 0.25) is 11.8 Å². The number of hydrogen-bond acceptors (Lipinski definition) is 4. The van der Waals surface area contributed by atoms with E-state index in [0.29, 0.717) is 16.5 Å². The number of carbonyl (C=O) groups excluding carboxylic acids is 2. The normalized spacial score (nSPS) is 11.5. The molecule has 0 fully saturated rings. The van der Waals surface area contributed by atoms with E-state index in [1.807, 2.05) is 31.2 Å². The standard InChI is InChI=1S/C19H21ClN2O3S/c1-12-4-7-15(8-5-12)21-18(23)11-26-13(2)19(24)22-16-10-14(20)6-9-17(16)25-3/h4-10,13H,11H2,1-3H3,(H,21,23)(H,22,24)/t13-/m1/s1. The fraction of sp³-hybridized carbons (Fsp3) is 0.263. The molecule has 2 aromatic rings. The number of methoxy groups -OCH3 is 1. The number of amides is 2. The van der Waals surface area contributed by atoms with Crippen LogP contribution in [0.15, 0.2) is 42.5 Å². The molecule has 7 heteroatoms. The molecule has 0 aliphatic carbocycles. The van der Waals surface area contributed by atoms with E-state index in [9.17, 15) is 9.59 Å². The molecule has 0 unspecified atom stereocenters. The van der Waals surface area contributed by atoms with E-state index in [0.717, 1.165) is 11.3 Å². The number of rotatable bonds is 7. The maximum Gasteiger partial charge on any atom is 0.237 e. The Labute approximate surface area is 162 Å². The van der Waals surface area contributed by atoms with Gasteiger partial charge in [0, 0.05) is 10.7 Å². The maximum atomic E-state index is 12.3. The van der Waals surface area contributed by atoms with Gasteiger partial charge < -0.3 is 15.4 Å². The molecule has 0 spiro atoms. The molecule has 0 heterocycles. The van der Waals surface area contributed by atoms with Crippen LogP contribution in [0.5, 0.6) is 5.75 Å². The van der Waals surface area contributed by atoms with Crippen molar-refractivity contribution < 1.29 is 14.3 Å². The van der Waals surface area contributed by atoms with Gasteiger partial charge in [-0.25, -0.2) is 0 Å². The SMILES string of the molecule is COc1ccc(Cl)cc1NC(=O)[C@@H](C)SCC(=O)Nc1ccc(C)cc1. The maximum absolute atomic E-state index is 12.3. The Balaban J connectivity index is 1.86. The van der Waals surface area contributed by atoms with Gasteiger partial charge in [-0.2, -0.15) is 0 Å². The zero-order valence-corrected chi connectivity index (χ0v) is 16.4. The van der Waals surface area contributed by atoms with Crippen LogP contribution in [0.1, 0.15) is 12.5 Å². The molecule has 0 saturated carbocycles. The molecule has 2 amide bonds. The molecule has 0 saturated heterocycles. The summed E-state index contributed by atoms with van der Waals surface area (Å²) in [6.45, 7) is 3.73. The van der Waals surface area contributed by atoms with Gasteiger partial charge in [-0.05, 0) is 44.2 Å². The van der Waals surface area contributed by atoms with Crippen LogP contribution in [0.3, 0.4) is 0 Å². The van der Waals surface area contributed by atoms with E-state index in [2.05, 4.69) is 10.6 Å². The largest absolute Gasteiger partial charge is 0.495 e. The predicted octanol–water partition coefficient (Wildman–Crippen LogP) is 4.36. The summed E-state index contributed by atoms with van der Waals surface area (Å²) in [7, 11) is 1.52. The first-order valence-corrected chi connectivity index (χ1v) is 9.44. The number of thioether (sulfide) groups is 1. The van der Waals surface area contributed by atoms with Gasteiger partial charge in [-0.3, -0.25) is 9.59 Å². The molecule has 2 rings (SSSR count). The second kappa shape index (κ2) is 9.50. The molecule has 0 bridgehead atoms. The van der Waals surface area contributed by atoms with Crippen LogP contribution < -0.4 is 15.4 Å². The highest BCUT2D eigenvalue weighted by molar-refractivity contribution is 8.01. The van der Waals surface area contributed by atoms with E-state index in [1.165, 1.54) is 18.9 Å². The number of halogens is 1. The average Bonchev–Trinajstić information content (AvgIpc) is 2.61. The number of carbonyl (C=O) groups is 2. The van der Waals surface area contributed by atoms with Crippen molar-refractivity contribution in [2.45, 2.75) is 19.1 Å². The highest BCUT2D eigenvalue weighted by Crippen LogP contribution is 2.28. The third kappa shape index (κ3) is 5.97. The summed E-state index contributed by atoms with van der Waals surface area (Å²) < 4.78 is 5.21. The van der Waals surface area contributed by atoms with Gasteiger partial charge in [-0.1, -0.05) is 29.3 Å². The molecule has 2 aromatic carbocycles. The number of benzene rings is 2. The Kier molecular flexibility index (Phi) is 7.36. The van der Waals surface area contributed by atoms with Crippen LogP contribution in [0.2, 0.25) is 5.02 Å². The van der Waals surface area contributed by atoms with Crippen LogP contribution in [0.4, 0.5) is 11.4 Å². The lowest BCUT2D eigenvalue weighted by atomic mass is 10.2. The highest BCUT2D eigenvalue weighted by Gasteiger charge is 2.17. The van der Waals surface area contributed by atoms with Crippen molar-refractivity contribution in [3.63, 3.8) is 0 Å². The highest BCUT2D eigenvalue weighted by atomic mass is 35.5. The fourth-order valence-electron chi connectivity index (χ4n) is 2.12. The first-order chi connectivity index (χ1) is 12.4. The lowest BCUT2D eigenvalue weighted by molar-refractivity contribution is -0.115. The zero-order valence-electron chi connectivity index (χ0n) is 14.8. The minimum Gasteiger partial charge on any atom is -0.495 e. The summed E-state index contributed by atoms with van der Waals surface area (Å²) in [5.74, 6) is 0.324. The number of anilines is 2. The first kappa shape index (κ1) is 20.1. The van der Waals surface area contributed by atoms with Crippen LogP contribution in [-0.4, -0.2) is 29.9 Å². The van der Waals surface area contributed by atoms with E-state index in [-0.39, 0.29) is 17.6 Å². The molecule has 0 radical (unpaired) electrons. The zero-order chi connectivity index (χ0) is 19.1. The van der Waals surface area contributed by atoms with Crippen molar-refractivity contribution in [3.05, 3.63) is 53.1 Å². The van der Waals surface area contributed by atoms with E-state index in [1.54, 1.807) is 25.1 Å². The topological polar surface area (TPSA) is 67.4 Å². The molecule has 0 aliphatic rings. The fourth-order valence-corrected chi connectivity index (χ4v) is 2.98. The van der Waals surface area contributed by atoms with Crippen molar-refractivity contribution in [1.29, 1.82) is 0 Å². The predicted molar refractivity (Wildman–Crippen MR) is 108 cm³/mol. The summed E-state index contributed by atoms with van der Waals surface area (Å²) in [6, 6.07) is 12.5. The monoisotopic (exact) mass is 392 g/mol. The summed E-state index contributed by atoms with van der Waals surface area (Å²) in [6.07, 6.45) is 0. The van der Waals surface area contributed by atoms with Gasteiger partial charge in [0.05, 0.1) is 23.8 Å². The lowest BCUT2D eigenvalue weighted by Gasteiger charge is -2.14. The Morgan fingerprint density at radius 3 is 2.50 bits per heavy atom. The first-order valence-electron chi connectivity index (χ1n) is 8.01. The van der Waals surface area contributed by atoms with Gasteiger partial charge in [0.25, 0.3) is 0 Å². The quantitative estimate of drug-likeness (QED) is 0.734. The Morgan fingerprint density at radius 2 is 1.85 bits per heavy atom. The molecule has 2 N–H and O–H groups in total. The van der Waals surface area contributed by atoms with Gasteiger partial charge in [-0.15, -0.1) is 11.8 Å². The van der Waals surface area contributed by atoms with Crippen molar-refractivity contribution in [1.82, 2.24) is 0 Å². The number of aryl methyl sites for hydroxylation is 1. The summed E-state index contributed by atoms with van der Waals surface area (Å²) >= 11 is 7.22. The number of nitrogens with one attached hydrogen (secondary N) is 2. The Bertz CT molecular complexity index is 781. The summed E-state index contributed by atoms with van der Waals surface area (Å²) in [4.78, 5) is 24.4. The molecular formula is C19H21ClN2O3S. The van der Waals surface area contributed by atoms with E-state index < -0.39 is 5.25 Å². The van der Waals surface area contributed by atoms with Gasteiger partial charge in [0.15, 0.2) is 0 Å².